The molecule has 98 valence electrons. The molecule has 0 bridgehead atoms. The highest BCUT2D eigenvalue weighted by Crippen LogP contribution is 2.07. The number of nitrogens with zero attached hydrogens (tertiary/aromatic N) is 1. The number of ether oxygens (including phenoxy) is 1. The van der Waals surface area contributed by atoms with Crippen LogP contribution in [-0.2, 0) is 4.74 Å². The minimum Gasteiger partial charge on any atom is -0.443 e. The molecule has 0 saturated carbocycles. The quantitative estimate of drug-likeness (QED) is 0.777. The molecule has 0 aliphatic heterocycles. The van der Waals surface area contributed by atoms with E-state index in [-0.39, 0.29) is 5.91 Å². The second kappa shape index (κ2) is 5.53. The van der Waals surface area contributed by atoms with Crippen LogP contribution in [0.2, 0.25) is 0 Å². The number of benzene rings is 1. The number of carbonyl (C=O) groups is 2. The van der Waals surface area contributed by atoms with E-state index in [1.54, 1.807) is 45.0 Å². The summed E-state index contributed by atoms with van der Waals surface area (Å²) in [5.41, 5.74) is 2.26. The van der Waals surface area contributed by atoms with Gasteiger partial charge in [-0.25, -0.2) is 10.2 Å². The second-order valence-corrected chi connectivity index (χ2v) is 4.84. The Kier molecular flexibility index (Phi) is 4.31. The fourth-order valence-electron chi connectivity index (χ4n) is 1.26. The summed E-state index contributed by atoms with van der Waals surface area (Å²) >= 11 is 0. The van der Waals surface area contributed by atoms with E-state index in [9.17, 15) is 9.59 Å². The lowest BCUT2D eigenvalue weighted by Crippen LogP contribution is -2.45. The zero-order valence-electron chi connectivity index (χ0n) is 11.1. The molecule has 1 aromatic rings. The molecule has 0 aromatic heterocycles. The van der Waals surface area contributed by atoms with Gasteiger partial charge in [-0.15, -0.1) is 0 Å². The van der Waals surface area contributed by atoms with Crippen molar-refractivity contribution in [1.29, 1.82) is 0 Å². The SMILES string of the molecule is CN(NC(=O)OC(C)(C)C)C(=O)c1ccccc1. The highest BCUT2D eigenvalue weighted by atomic mass is 16.6. The first kappa shape index (κ1) is 14.0. The predicted octanol–water partition coefficient (Wildman–Crippen LogP) is 2.20. The van der Waals surface area contributed by atoms with Gasteiger partial charge in [-0.05, 0) is 32.9 Å². The van der Waals surface area contributed by atoms with E-state index in [1.807, 2.05) is 6.07 Å². The van der Waals surface area contributed by atoms with E-state index in [0.717, 1.165) is 5.01 Å². The van der Waals surface area contributed by atoms with E-state index in [4.69, 9.17) is 4.74 Å². The summed E-state index contributed by atoms with van der Waals surface area (Å²) in [6.07, 6.45) is -0.658. The molecule has 2 amide bonds. The van der Waals surface area contributed by atoms with Crippen LogP contribution in [0.3, 0.4) is 0 Å². The fraction of sp³-hybridized carbons (Fsp3) is 0.385. The van der Waals surface area contributed by atoms with Crippen LogP contribution in [0.5, 0.6) is 0 Å². The Morgan fingerprint density at radius 2 is 1.72 bits per heavy atom. The molecule has 0 spiro atoms. The van der Waals surface area contributed by atoms with Crippen LogP contribution in [0, 0.1) is 0 Å². The molecule has 1 aromatic carbocycles. The van der Waals surface area contributed by atoms with E-state index in [0.29, 0.717) is 5.56 Å². The molecule has 0 heterocycles. The Morgan fingerprint density at radius 1 is 1.17 bits per heavy atom. The zero-order chi connectivity index (χ0) is 13.8. The van der Waals surface area contributed by atoms with Crippen LogP contribution < -0.4 is 5.43 Å². The van der Waals surface area contributed by atoms with Crippen molar-refractivity contribution in [1.82, 2.24) is 10.4 Å². The lowest BCUT2D eigenvalue weighted by molar-refractivity contribution is 0.0334. The summed E-state index contributed by atoms with van der Waals surface area (Å²) in [6, 6.07) is 8.69. The highest BCUT2D eigenvalue weighted by molar-refractivity contribution is 5.94. The number of hydrazine groups is 1. The molecule has 0 aliphatic rings. The maximum Gasteiger partial charge on any atom is 0.426 e. The second-order valence-electron chi connectivity index (χ2n) is 4.84. The maximum absolute atomic E-state index is 11.9. The van der Waals surface area contributed by atoms with Crippen LogP contribution in [0.25, 0.3) is 0 Å². The number of rotatable bonds is 1. The van der Waals surface area contributed by atoms with Crippen molar-refractivity contribution < 1.29 is 14.3 Å². The first-order chi connectivity index (χ1) is 8.29. The molecule has 18 heavy (non-hydrogen) atoms. The molecule has 1 rings (SSSR count). The summed E-state index contributed by atoms with van der Waals surface area (Å²) in [7, 11) is 1.47. The van der Waals surface area contributed by atoms with Crippen molar-refractivity contribution in [3.8, 4) is 0 Å². The number of carbonyl (C=O) groups excluding carboxylic acids is 2. The topological polar surface area (TPSA) is 58.6 Å². The fourth-order valence-corrected chi connectivity index (χ4v) is 1.26. The molecular formula is C13H18N2O3. The first-order valence-electron chi connectivity index (χ1n) is 5.62. The molecule has 0 atom stereocenters. The Labute approximate surface area is 107 Å². The smallest absolute Gasteiger partial charge is 0.426 e. The highest BCUT2D eigenvalue weighted by Gasteiger charge is 2.19. The molecule has 0 fully saturated rings. The molecule has 5 nitrogen and oxygen atoms in total. The predicted molar refractivity (Wildman–Crippen MR) is 67.9 cm³/mol. The molecule has 0 radical (unpaired) electrons. The molecule has 0 saturated heterocycles. The standard InChI is InChI=1S/C13H18N2O3/c1-13(2,3)18-12(17)14-15(4)11(16)10-8-6-5-7-9-10/h5-9H,1-4H3,(H,14,17). The monoisotopic (exact) mass is 250 g/mol. The third-order valence-corrected chi connectivity index (χ3v) is 1.98. The van der Waals surface area contributed by atoms with Crippen molar-refractivity contribution in [2.24, 2.45) is 0 Å². The third kappa shape index (κ3) is 4.45. The van der Waals surface area contributed by atoms with E-state index < -0.39 is 11.7 Å². The van der Waals surface area contributed by atoms with Crippen LogP contribution in [0.4, 0.5) is 4.79 Å². The summed E-state index contributed by atoms with van der Waals surface area (Å²) in [4.78, 5) is 23.4. The lowest BCUT2D eigenvalue weighted by atomic mass is 10.2. The first-order valence-corrected chi connectivity index (χ1v) is 5.62. The Balaban J connectivity index is 2.59. The van der Waals surface area contributed by atoms with Gasteiger partial charge in [-0.2, -0.15) is 0 Å². The lowest BCUT2D eigenvalue weighted by Gasteiger charge is -2.23. The van der Waals surface area contributed by atoms with E-state index >= 15 is 0 Å². The summed E-state index contributed by atoms with van der Waals surface area (Å²) < 4.78 is 5.05. The minimum atomic E-state index is -0.658. The Bertz CT molecular complexity index is 424. The Morgan fingerprint density at radius 3 is 2.22 bits per heavy atom. The summed E-state index contributed by atoms with van der Waals surface area (Å²) in [6.45, 7) is 5.27. The van der Waals surface area contributed by atoms with Crippen LogP contribution in [0.15, 0.2) is 30.3 Å². The van der Waals surface area contributed by atoms with Crippen molar-refractivity contribution in [2.75, 3.05) is 7.05 Å². The van der Waals surface area contributed by atoms with Gasteiger partial charge in [0.25, 0.3) is 5.91 Å². The molecular weight excluding hydrogens is 232 g/mol. The van der Waals surface area contributed by atoms with Gasteiger partial charge < -0.3 is 4.74 Å². The number of amides is 2. The third-order valence-electron chi connectivity index (χ3n) is 1.98. The van der Waals surface area contributed by atoms with Crippen molar-refractivity contribution in [3.63, 3.8) is 0 Å². The number of nitrogens with one attached hydrogen (secondary N) is 1. The molecule has 1 N–H and O–H groups in total. The number of hydrogen-bond acceptors (Lipinski definition) is 3. The molecule has 0 unspecified atom stereocenters. The van der Waals surface area contributed by atoms with Crippen LogP contribution in [0.1, 0.15) is 31.1 Å². The van der Waals surface area contributed by atoms with E-state index in [2.05, 4.69) is 5.43 Å². The van der Waals surface area contributed by atoms with Gasteiger partial charge in [0, 0.05) is 12.6 Å². The van der Waals surface area contributed by atoms with Gasteiger partial charge in [-0.1, -0.05) is 18.2 Å². The van der Waals surface area contributed by atoms with Gasteiger partial charge in [0.15, 0.2) is 0 Å². The van der Waals surface area contributed by atoms with Gasteiger partial charge >= 0.3 is 6.09 Å². The van der Waals surface area contributed by atoms with Gasteiger partial charge in [0.05, 0.1) is 0 Å². The van der Waals surface area contributed by atoms with Crippen LogP contribution >= 0.6 is 0 Å². The number of hydrogen-bond donors (Lipinski definition) is 1. The molecule has 5 heteroatoms. The van der Waals surface area contributed by atoms with Gasteiger partial charge in [-0.3, -0.25) is 9.80 Å². The normalized spacial score (nSPS) is 10.7. The van der Waals surface area contributed by atoms with Crippen LogP contribution in [-0.4, -0.2) is 29.7 Å². The average Bonchev–Trinajstić information content (AvgIpc) is 2.26. The van der Waals surface area contributed by atoms with Crippen molar-refractivity contribution in [2.45, 2.75) is 26.4 Å². The largest absolute Gasteiger partial charge is 0.443 e. The Hall–Kier alpha value is -2.04. The molecule has 0 aliphatic carbocycles. The summed E-state index contributed by atoms with van der Waals surface area (Å²) in [5, 5.41) is 1.10. The van der Waals surface area contributed by atoms with Crippen molar-refractivity contribution >= 4 is 12.0 Å². The summed E-state index contributed by atoms with van der Waals surface area (Å²) in [5.74, 6) is -0.304. The average molecular weight is 250 g/mol. The zero-order valence-corrected chi connectivity index (χ0v) is 11.1. The van der Waals surface area contributed by atoms with Crippen molar-refractivity contribution in [3.05, 3.63) is 35.9 Å². The minimum absolute atomic E-state index is 0.304. The van der Waals surface area contributed by atoms with E-state index in [1.165, 1.54) is 7.05 Å². The van der Waals surface area contributed by atoms with Gasteiger partial charge in [0.1, 0.15) is 5.60 Å². The maximum atomic E-state index is 11.9. The van der Waals surface area contributed by atoms with Gasteiger partial charge in [0.2, 0.25) is 0 Å².